The molecule has 3 rings (SSSR count). The highest BCUT2D eigenvalue weighted by Gasteiger charge is 2.26. The summed E-state index contributed by atoms with van der Waals surface area (Å²) in [4.78, 5) is 26.0. The van der Waals surface area contributed by atoms with Crippen molar-refractivity contribution in [2.75, 3.05) is 17.2 Å². The van der Waals surface area contributed by atoms with Crippen LogP contribution in [0.25, 0.3) is 0 Å². The SMILES string of the molecule is CCOC(=O)c1c(NC(=S)Nc2ccccc2)sc(C(=O)c2ccccc2)c1C. The highest BCUT2D eigenvalue weighted by molar-refractivity contribution is 7.80. The van der Waals surface area contributed by atoms with E-state index in [1.807, 2.05) is 36.4 Å². The number of benzene rings is 2. The van der Waals surface area contributed by atoms with Crippen molar-refractivity contribution in [3.05, 3.63) is 82.2 Å². The van der Waals surface area contributed by atoms with Gasteiger partial charge in [0, 0.05) is 11.3 Å². The molecule has 0 fully saturated rings. The van der Waals surface area contributed by atoms with Crippen LogP contribution in [-0.4, -0.2) is 23.5 Å². The van der Waals surface area contributed by atoms with Crippen LogP contribution in [0.4, 0.5) is 10.7 Å². The summed E-state index contributed by atoms with van der Waals surface area (Å²) in [5.41, 5.74) is 2.28. The maximum absolute atomic E-state index is 13.0. The standard InChI is InChI=1S/C22H20N2O3S2/c1-3-27-21(26)17-14(2)19(18(25)15-10-6-4-7-11-15)29-20(17)24-22(28)23-16-12-8-5-9-13-16/h4-13H,3H2,1-2H3,(H2,23,24,28). The number of para-hydroxylation sites is 1. The number of rotatable bonds is 6. The number of carbonyl (C=O) groups is 2. The van der Waals surface area contributed by atoms with Crippen LogP contribution in [0.1, 0.15) is 38.1 Å². The van der Waals surface area contributed by atoms with Crippen LogP contribution in [0.2, 0.25) is 0 Å². The minimum absolute atomic E-state index is 0.145. The fourth-order valence-electron chi connectivity index (χ4n) is 2.77. The fourth-order valence-corrected chi connectivity index (χ4v) is 4.22. The van der Waals surface area contributed by atoms with E-state index in [0.29, 0.717) is 31.7 Å². The molecule has 29 heavy (non-hydrogen) atoms. The van der Waals surface area contributed by atoms with Gasteiger partial charge in [-0.05, 0) is 43.8 Å². The average molecular weight is 425 g/mol. The van der Waals surface area contributed by atoms with Crippen molar-refractivity contribution >= 4 is 51.1 Å². The number of ketones is 1. The second-order valence-corrected chi connectivity index (χ2v) is 7.55. The number of hydrogen-bond donors (Lipinski definition) is 2. The third-order valence-electron chi connectivity index (χ3n) is 4.13. The molecule has 0 unspecified atom stereocenters. The zero-order valence-electron chi connectivity index (χ0n) is 16.0. The normalized spacial score (nSPS) is 10.3. The summed E-state index contributed by atoms with van der Waals surface area (Å²) < 4.78 is 5.20. The lowest BCUT2D eigenvalue weighted by Gasteiger charge is -2.11. The van der Waals surface area contributed by atoms with Crippen molar-refractivity contribution in [2.24, 2.45) is 0 Å². The van der Waals surface area contributed by atoms with Gasteiger partial charge >= 0.3 is 5.97 Å². The van der Waals surface area contributed by atoms with Gasteiger partial charge in [0.2, 0.25) is 5.78 Å². The van der Waals surface area contributed by atoms with Crippen molar-refractivity contribution in [2.45, 2.75) is 13.8 Å². The zero-order chi connectivity index (χ0) is 20.8. The first kappa shape index (κ1) is 20.7. The lowest BCUT2D eigenvalue weighted by Crippen LogP contribution is -2.20. The minimum atomic E-state index is -0.488. The van der Waals surface area contributed by atoms with Crippen LogP contribution in [0.15, 0.2) is 60.7 Å². The summed E-state index contributed by atoms with van der Waals surface area (Å²) in [6.45, 7) is 3.73. The second-order valence-electron chi connectivity index (χ2n) is 6.12. The molecule has 0 aliphatic carbocycles. The summed E-state index contributed by atoms with van der Waals surface area (Å²) in [6.07, 6.45) is 0. The fraction of sp³-hybridized carbons (Fsp3) is 0.136. The van der Waals surface area contributed by atoms with E-state index in [4.69, 9.17) is 17.0 Å². The molecule has 0 aliphatic heterocycles. The number of thiophene rings is 1. The smallest absolute Gasteiger partial charge is 0.341 e. The Bertz CT molecular complexity index is 1030. The average Bonchev–Trinajstić information content (AvgIpc) is 3.04. The number of nitrogens with one attached hydrogen (secondary N) is 2. The van der Waals surface area contributed by atoms with Gasteiger partial charge in [0.05, 0.1) is 17.0 Å². The third kappa shape index (κ3) is 4.88. The van der Waals surface area contributed by atoms with Crippen molar-refractivity contribution in [3.8, 4) is 0 Å². The molecule has 0 saturated carbocycles. The van der Waals surface area contributed by atoms with E-state index in [-0.39, 0.29) is 12.4 Å². The predicted molar refractivity (Wildman–Crippen MR) is 121 cm³/mol. The maximum atomic E-state index is 13.0. The molecule has 3 aromatic rings. The highest BCUT2D eigenvalue weighted by Crippen LogP contribution is 2.35. The zero-order valence-corrected chi connectivity index (χ0v) is 17.7. The second kappa shape index (κ2) is 9.45. The van der Waals surface area contributed by atoms with Gasteiger partial charge in [-0.3, -0.25) is 4.79 Å². The molecule has 0 amide bonds. The van der Waals surface area contributed by atoms with Gasteiger partial charge in [-0.2, -0.15) is 0 Å². The van der Waals surface area contributed by atoms with E-state index in [9.17, 15) is 9.59 Å². The number of anilines is 2. The van der Waals surface area contributed by atoms with E-state index >= 15 is 0 Å². The Labute approximate surface area is 178 Å². The molecule has 2 aromatic carbocycles. The quantitative estimate of drug-likeness (QED) is 0.319. The molecule has 5 nitrogen and oxygen atoms in total. The summed E-state index contributed by atoms with van der Waals surface area (Å²) in [7, 11) is 0. The number of carbonyl (C=O) groups excluding carboxylic acids is 2. The minimum Gasteiger partial charge on any atom is -0.462 e. The number of thiocarbonyl (C=S) groups is 1. The van der Waals surface area contributed by atoms with Gasteiger partial charge in [0.1, 0.15) is 5.00 Å². The van der Waals surface area contributed by atoms with Crippen molar-refractivity contribution in [3.63, 3.8) is 0 Å². The van der Waals surface area contributed by atoms with Crippen LogP contribution in [0, 0.1) is 6.92 Å². The van der Waals surface area contributed by atoms with Crippen molar-refractivity contribution < 1.29 is 14.3 Å². The van der Waals surface area contributed by atoms with E-state index in [0.717, 1.165) is 5.69 Å². The predicted octanol–water partition coefficient (Wildman–Crippen LogP) is 5.27. The van der Waals surface area contributed by atoms with E-state index < -0.39 is 5.97 Å². The number of hydrogen-bond acceptors (Lipinski definition) is 5. The lowest BCUT2D eigenvalue weighted by atomic mass is 10.0. The Kier molecular flexibility index (Phi) is 6.74. The Morgan fingerprint density at radius 3 is 2.24 bits per heavy atom. The molecule has 2 N–H and O–H groups in total. The summed E-state index contributed by atoms with van der Waals surface area (Å²) in [5.74, 6) is -0.632. The monoisotopic (exact) mass is 424 g/mol. The van der Waals surface area contributed by atoms with Crippen LogP contribution in [0.5, 0.6) is 0 Å². The molecule has 1 heterocycles. The van der Waals surface area contributed by atoms with Crippen LogP contribution < -0.4 is 10.6 Å². The van der Waals surface area contributed by atoms with Gasteiger partial charge in [0.15, 0.2) is 5.11 Å². The van der Waals surface area contributed by atoms with E-state index in [2.05, 4.69) is 10.6 Å². The van der Waals surface area contributed by atoms with Crippen LogP contribution in [-0.2, 0) is 4.74 Å². The topological polar surface area (TPSA) is 67.4 Å². The van der Waals surface area contributed by atoms with Gasteiger partial charge in [0.25, 0.3) is 0 Å². The molecule has 0 saturated heterocycles. The maximum Gasteiger partial charge on any atom is 0.341 e. The molecule has 0 atom stereocenters. The van der Waals surface area contributed by atoms with E-state index in [1.54, 1.807) is 38.1 Å². The van der Waals surface area contributed by atoms with Gasteiger partial charge < -0.3 is 15.4 Å². The van der Waals surface area contributed by atoms with Crippen LogP contribution in [0.3, 0.4) is 0 Å². The molecule has 148 valence electrons. The lowest BCUT2D eigenvalue weighted by molar-refractivity contribution is 0.0527. The van der Waals surface area contributed by atoms with E-state index in [1.165, 1.54) is 11.3 Å². The molecule has 0 bridgehead atoms. The summed E-state index contributed by atoms with van der Waals surface area (Å²) in [6, 6.07) is 18.4. The molecule has 7 heteroatoms. The molecule has 0 spiro atoms. The Balaban J connectivity index is 1.93. The number of ether oxygens (including phenoxy) is 1. The van der Waals surface area contributed by atoms with Gasteiger partial charge in [-0.25, -0.2) is 4.79 Å². The first-order valence-electron chi connectivity index (χ1n) is 9.04. The highest BCUT2D eigenvalue weighted by atomic mass is 32.1. The van der Waals surface area contributed by atoms with Gasteiger partial charge in [-0.15, -0.1) is 11.3 Å². The largest absolute Gasteiger partial charge is 0.462 e. The van der Waals surface area contributed by atoms with Crippen molar-refractivity contribution in [1.82, 2.24) is 0 Å². The van der Waals surface area contributed by atoms with Crippen molar-refractivity contribution in [1.29, 1.82) is 0 Å². The number of esters is 1. The Hall–Kier alpha value is -3.03. The Morgan fingerprint density at radius 1 is 1.00 bits per heavy atom. The molecule has 1 aromatic heterocycles. The Morgan fingerprint density at radius 2 is 1.62 bits per heavy atom. The molecule has 0 aliphatic rings. The molecular formula is C22H20N2O3S2. The summed E-state index contributed by atoms with van der Waals surface area (Å²) >= 11 is 6.58. The first-order valence-corrected chi connectivity index (χ1v) is 10.3. The molecule has 0 radical (unpaired) electrons. The van der Waals surface area contributed by atoms with Gasteiger partial charge in [-0.1, -0.05) is 48.5 Å². The first-order chi connectivity index (χ1) is 14.0. The third-order valence-corrected chi connectivity index (χ3v) is 5.54. The van der Waals surface area contributed by atoms with Crippen LogP contribution >= 0.6 is 23.6 Å². The molecular weight excluding hydrogens is 404 g/mol. The summed E-state index contributed by atoms with van der Waals surface area (Å²) in [5, 5.41) is 6.92.